The topological polar surface area (TPSA) is 116 Å². The van der Waals surface area contributed by atoms with E-state index >= 15 is 0 Å². The summed E-state index contributed by atoms with van der Waals surface area (Å²) in [4.78, 5) is 57.7. The Hall–Kier alpha value is -2.12. The van der Waals surface area contributed by atoms with Crippen molar-refractivity contribution in [1.29, 1.82) is 0 Å². The van der Waals surface area contributed by atoms with Gasteiger partial charge in [-0.15, -0.1) is 0 Å². The van der Waals surface area contributed by atoms with Crippen LogP contribution in [0.3, 0.4) is 0 Å². The Labute approximate surface area is 394 Å². The van der Waals surface area contributed by atoms with E-state index in [1.807, 2.05) is 0 Å². The monoisotopic (exact) mass is 895 g/mol. The predicted octanol–water partition coefficient (Wildman–Crippen LogP) is 13.6. The molecule has 0 aliphatic heterocycles. The second kappa shape index (κ2) is 32.6. The smallest absolute Gasteiger partial charge is 0.224 e. The number of hydrogen-bond donors (Lipinski definition) is 4. The zero-order valence-corrected chi connectivity index (χ0v) is 42.3. The van der Waals surface area contributed by atoms with E-state index < -0.39 is 11.8 Å². The van der Waals surface area contributed by atoms with Crippen LogP contribution in [0.25, 0.3) is 0 Å². The molecule has 8 heteroatoms. The highest BCUT2D eigenvalue weighted by Crippen LogP contribution is 2.34. The Balaban J connectivity index is 1.45. The summed E-state index contributed by atoms with van der Waals surface area (Å²) >= 11 is 0. The van der Waals surface area contributed by atoms with Crippen LogP contribution in [-0.2, 0) is 19.2 Å². The summed E-state index contributed by atoms with van der Waals surface area (Å²) < 4.78 is 0. The number of nitrogens with one attached hydrogen (secondary N) is 4. The summed E-state index contributed by atoms with van der Waals surface area (Å²) in [5.74, 6) is 0.349. The molecule has 4 fully saturated rings. The number of hydrogen-bond acceptors (Lipinski definition) is 4. The SMILES string of the molecule is CCCCCCC1CCC(NC(=O)CC(C(=O)NC2CCC(CCCCCC)CC2)C(CC(=O)NC2CCC(CCCCCC)CC2)C(=O)NC2CCC(CCCCCC)CC2)CC1. The molecule has 0 bridgehead atoms. The summed E-state index contributed by atoms with van der Waals surface area (Å²) in [5.41, 5.74) is 0. The fourth-order valence-corrected chi connectivity index (χ4v) is 12.2. The molecule has 4 amide bonds. The van der Waals surface area contributed by atoms with Crippen molar-refractivity contribution in [3.8, 4) is 0 Å². The van der Waals surface area contributed by atoms with Gasteiger partial charge in [0, 0.05) is 37.0 Å². The lowest BCUT2D eigenvalue weighted by molar-refractivity contribution is -0.141. The van der Waals surface area contributed by atoms with Crippen LogP contribution in [0.5, 0.6) is 0 Å². The lowest BCUT2D eigenvalue weighted by atomic mass is 9.80. The van der Waals surface area contributed by atoms with Crippen molar-refractivity contribution in [3.05, 3.63) is 0 Å². The summed E-state index contributed by atoms with van der Waals surface area (Å²) in [6.07, 6.45) is 42.2. The van der Waals surface area contributed by atoms with Crippen LogP contribution in [0.1, 0.15) is 272 Å². The van der Waals surface area contributed by atoms with Gasteiger partial charge in [0.05, 0.1) is 11.8 Å². The van der Waals surface area contributed by atoms with Gasteiger partial charge in [0.2, 0.25) is 23.6 Å². The van der Waals surface area contributed by atoms with Crippen molar-refractivity contribution in [2.24, 2.45) is 35.5 Å². The van der Waals surface area contributed by atoms with Gasteiger partial charge >= 0.3 is 0 Å². The minimum Gasteiger partial charge on any atom is -0.353 e. The normalized spacial score (nSPS) is 27.2. The molecule has 64 heavy (non-hydrogen) atoms. The van der Waals surface area contributed by atoms with Gasteiger partial charge in [-0.3, -0.25) is 19.2 Å². The first-order chi connectivity index (χ1) is 31.2. The molecule has 4 saturated carbocycles. The van der Waals surface area contributed by atoms with E-state index in [4.69, 9.17) is 0 Å². The van der Waals surface area contributed by atoms with Crippen molar-refractivity contribution in [1.82, 2.24) is 21.3 Å². The van der Waals surface area contributed by atoms with Gasteiger partial charge < -0.3 is 21.3 Å². The number of unbranched alkanes of at least 4 members (excludes halogenated alkanes) is 12. The quantitative estimate of drug-likeness (QED) is 0.0519. The Morgan fingerprint density at radius 1 is 0.328 bits per heavy atom. The summed E-state index contributed by atoms with van der Waals surface area (Å²) in [7, 11) is 0. The van der Waals surface area contributed by atoms with Gasteiger partial charge in [-0.1, -0.05) is 156 Å². The molecule has 0 saturated heterocycles. The van der Waals surface area contributed by atoms with Crippen LogP contribution in [0.2, 0.25) is 0 Å². The van der Waals surface area contributed by atoms with E-state index in [1.165, 1.54) is 128 Å². The molecule has 0 aromatic heterocycles. The van der Waals surface area contributed by atoms with E-state index in [9.17, 15) is 19.2 Å². The second-order valence-electron chi connectivity index (χ2n) is 22.0. The maximum absolute atomic E-state index is 14.7. The molecule has 2 unspecified atom stereocenters. The van der Waals surface area contributed by atoms with Gasteiger partial charge in [0.15, 0.2) is 0 Å². The van der Waals surface area contributed by atoms with Gasteiger partial charge in [-0.05, 0) is 126 Å². The largest absolute Gasteiger partial charge is 0.353 e. The summed E-state index contributed by atoms with van der Waals surface area (Å²) in [5, 5.41) is 13.4. The molecule has 4 rings (SSSR count). The van der Waals surface area contributed by atoms with E-state index in [1.54, 1.807) is 0 Å². The lowest BCUT2D eigenvalue weighted by Crippen LogP contribution is -2.51. The van der Waals surface area contributed by atoms with Crippen LogP contribution in [0.15, 0.2) is 0 Å². The molecule has 0 aromatic rings. The molecule has 370 valence electrons. The lowest BCUT2D eigenvalue weighted by Gasteiger charge is -2.34. The predicted molar refractivity (Wildman–Crippen MR) is 267 cm³/mol. The molecule has 0 aromatic carbocycles. The fraction of sp³-hybridized carbons (Fsp3) is 0.929. The Morgan fingerprint density at radius 3 is 0.797 bits per heavy atom. The van der Waals surface area contributed by atoms with Crippen LogP contribution in [0, 0.1) is 35.5 Å². The van der Waals surface area contributed by atoms with E-state index in [-0.39, 0.29) is 60.6 Å². The maximum atomic E-state index is 14.7. The Kier molecular flexibility index (Phi) is 27.7. The van der Waals surface area contributed by atoms with E-state index in [0.717, 1.165) is 115 Å². The molecule has 0 radical (unpaired) electrons. The van der Waals surface area contributed by atoms with Gasteiger partial charge in [0.25, 0.3) is 0 Å². The van der Waals surface area contributed by atoms with Crippen molar-refractivity contribution < 1.29 is 19.2 Å². The van der Waals surface area contributed by atoms with Crippen molar-refractivity contribution in [3.63, 3.8) is 0 Å². The molecule has 2 atom stereocenters. The third-order valence-electron chi connectivity index (χ3n) is 16.6. The molecular weight excluding hydrogens is 793 g/mol. The first-order valence-corrected chi connectivity index (χ1v) is 28.4. The third-order valence-corrected chi connectivity index (χ3v) is 16.6. The van der Waals surface area contributed by atoms with Crippen LogP contribution in [-0.4, -0.2) is 47.8 Å². The van der Waals surface area contributed by atoms with Crippen LogP contribution in [0.4, 0.5) is 0 Å². The molecule has 4 aliphatic carbocycles. The van der Waals surface area contributed by atoms with Crippen LogP contribution >= 0.6 is 0 Å². The fourth-order valence-electron chi connectivity index (χ4n) is 12.2. The van der Waals surface area contributed by atoms with Crippen LogP contribution < -0.4 is 21.3 Å². The molecule has 0 spiro atoms. The molecule has 4 N–H and O–H groups in total. The zero-order chi connectivity index (χ0) is 45.8. The zero-order valence-electron chi connectivity index (χ0n) is 42.3. The van der Waals surface area contributed by atoms with Crippen molar-refractivity contribution in [2.45, 2.75) is 296 Å². The Morgan fingerprint density at radius 2 is 0.562 bits per heavy atom. The highest BCUT2D eigenvalue weighted by molar-refractivity contribution is 5.94. The van der Waals surface area contributed by atoms with Crippen molar-refractivity contribution >= 4 is 23.6 Å². The minimum absolute atomic E-state index is 0.0415. The van der Waals surface area contributed by atoms with Gasteiger partial charge in [-0.25, -0.2) is 0 Å². The van der Waals surface area contributed by atoms with Crippen molar-refractivity contribution in [2.75, 3.05) is 0 Å². The standard InChI is InChI=1S/C56H102N4O4/c1-5-9-13-17-21-43-25-33-47(34-26-43)57-53(61)41-51(55(63)59-49-37-29-45(30-38-49)23-19-15-11-7-3)52(56(64)60-50-39-31-46(32-40-50)24-20-16-12-8-4)42-54(62)58-48-35-27-44(28-36-48)22-18-14-10-6-2/h43-52H,5-42H2,1-4H3,(H,57,61)(H,58,62)(H,59,63)(H,60,64). The molecule has 4 aliphatic rings. The van der Waals surface area contributed by atoms with Gasteiger partial charge in [-0.2, -0.15) is 0 Å². The number of rotatable bonds is 31. The summed E-state index contributed by atoms with van der Waals surface area (Å²) in [6, 6.07) is 0.287. The van der Waals surface area contributed by atoms with Gasteiger partial charge in [0.1, 0.15) is 0 Å². The number of carbonyl (C=O) groups is 4. The molecule has 8 nitrogen and oxygen atoms in total. The number of amides is 4. The number of carbonyl (C=O) groups excluding carboxylic acids is 4. The highest BCUT2D eigenvalue weighted by atomic mass is 16.2. The first kappa shape index (κ1) is 54.5. The second-order valence-corrected chi connectivity index (χ2v) is 22.0. The summed E-state index contributed by atoms with van der Waals surface area (Å²) in [6.45, 7) is 9.04. The van der Waals surface area contributed by atoms with E-state index in [0.29, 0.717) is 11.8 Å². The molecule has 0 heterocycles. The minimum atomic E-state index is -0.902. The Bertz CT molecular complexity index is 1160. The van der Waals surface area contributed by atoms with E-state index in [2.05, 4.69) is 49.0 Å². The highest BCUT2D eigenvalue weighted by Gasteiger charge is 2.40. The first-order valence-electron chi connectivity index (χ1n) is 28.4. The maximum Gasteiger partial charge on any atom is 0.224 e. The average Bonchev–Trinajstić information content (AvgIpc) is 3.30. The third kappa shape index (κ3) is 21.7. The molecular formula is C56H102N4O4. The average molecular weight is 895 g/mol.